The number of hydrogen-bond donors (Lipinski definition) is 0. The molecule has 5 unspecified atom stereocenters. The summed E-state index contributed by atoms with van der Waals surface area (Å²) in [6, 6.07) is 0. The lowest BCUT2D eigenvalue weighted by atomic mass is 9.62. The lowest BCUT2D eigenvalue weighted by molar-refractivity contribution is 0.0568. The molecule has 0 aromatic rings. The van der Waals surface area contributed by atoms with Crippen LogP contribution in [-0.2, 0) is 0 Å². The topological polar surface area (TPSA) is 0 Å². The van der Waals surface area contributed by atoms with Crippen molar-refractivity contribution in [1.82, 2.24) is 0 Å². The normalized spacial score (nSPS) is 57.0. The molecule has 3 aliphatic carbocycles. The first-order valence-corrected chi connectivity index (χ1v) is 6.12. The Balaban J connectivity index is 1.96. The second-order valence-electron chi connectivity index (χ2n) is 6.37. The molecule has 3 aliphatic rings. The van der Waals surface area contributed by atoms with E-state index in [1.165, 1.54) is 6.42 Å². The van der Waals surface area contributed by atoms with Gasteiger partial charge in [-0.05, 0) is 54.3 Å². The van der Waals surface area contributed by atoms with Crippen molar-refractivity contribution in [3.63, 3.8) is 0 Å². The average molecular weight is 178 g/mol. The van der Waals surface area contributed by atoms with Crippen LogP contribution in [0.5, 0.6) is 0 Å². The second-order valence-corrected chi connectivity index (χ2v) is 6.37. The summed E-state index contributed by atoms with van der Waals surface area (Å²) < 4.78 is 0. The van der Waals surface area contributed by atoms with Gasteiger partial charge in [0.05, 0.1) is 0 Å². The maximum atomic E-state index is 2.52. The molecule has 0 amide bonds. The molecular weight excluding hydrogens is 156 g/mol. The van der Waals surface area contributed by atoms with Crippen molar-refractivity contribution >= 4 is 0 Å². The van der Waals surface area contributed by atoms with Crippen molar-refractivity contribution in [1.29, 1.82) is 0 Å². The molecule has 0 nitrogen and oxygen atoms in total. The molecule has 0 radical (unpaired) electrons. The minimum absolute atomic E-state index is 0.663. The first-order valence-electron chi connectivity index (χ1n) is 6.12. The van der Waals surface area contributed by atoms with Gasteiger partial charge in [-0.25, -0.2) is 0 Å². The van der Waals surface area contributed by atoms with Crippen molar-refractivity contribution in [2.45, 2.75) is 46.5 Å². The summed E-state index contributed by atoms with van der Waals surface area (Å²) in [4.78, 5) is 0. The molecule has 0 aromatic carbocycles. The number of fused-ring (bicyclic) bond motifs is 5. The van der Waals surface area contributed by atoms with Crippen LogP contribution in [0.4, 0.5) is 0 Å². The predicted octanol–water partition coefficient (Wildman–Crippen LogP) is 3.71. The zero-order valence-corrected chi connectivity index (χ0v) is 9.22. The zero-order valence-electron chi connectivity index (χ0n) is 9.22. The third-order valence-corrected chi connectivity index (χ3v) is 5.99. The van der Waals surface area contributed by atoms with Crippen molar-refractivity contribution in [2.75, 3.05) is 0 Å². The van der Waals surface area contributed by atoms with Gasteiger partial charge in [-0.1, -0.05) is 27.2 Å². The lowest BCUT2D eigenvalue weighted by Gasteiger charge is -2.42. The van der Waals surface area contributed by atoms with Gasteiger partial charge in [0, 0.05) is 0 Å². The molecule has 3 fully saturated rings. The van der Waals surface area contributed by atoms with E-state index in [9.17, 15) is 0 Å². The molecule has 13 heavy (non-hydrogen) atoms. The smallest absolute Gasteiger partial charge is 0.0295 e. The summed E-state index contributed by atoms with van der Waals surface area (Å²) in [5, 5.41) is 0. The Morgan fingerprint density at radius 3 is 2.46 bits per heavy atom. The van der Waals surface area contributed by atoms with Gasteiger partial charge in [0.25, 0.3) is 0 Å². The third kappa shape index (κ3) is 0.831. The molecule has 0 aromatic heterocycles. The van der Waals surface area contributed by atoms with Gasteiger partial charge < -0.3 is 0 Å². The van der Waals surface area contributed by atoms with E-state index in [1.807, 2.05) is 0 Å². The van der Waals surface area contributed by atoms with Crippen molar-refractivity contribution in [2.24, 2.45) is 35.0 Å². The Kier molecular flexibility index (Phi) is 1.49. The Hall–Kier alpha value is 0. The summed E-state index contributed by atoms with van der Waals surface area (Å²) in [5.41, 5.74) is 0.663. The van der Waals surface area contributed by atoms with E-state index in [1.54, 1.807) is 19.3 Å². The highest BCUT2D eigenvalue weighted by atomic mass is 14.6. The first-order chi connectivity index (χ1) is 6.12. The summed E-state index contributed by atoms with van der Waals surface area (Å²) >= 11 is 0. The Morgan fingerprint density at radius 1 is 1.00 bits per heavy atom. The monoisotopic (exact) mass is 178 g/mol. The van der Waals surface area contributed by atoms with E-state index >= 15 is 0 Å². The maximum absolute atomic E-state index is 2.52. The van der Waals surface area contributed by atoms with E-state index in [2.05, 4.69) is 20.8 Å². The van der Waals surface area contributed by atoms with E-state index in [4.69, 9.17) is 0 Å². The van der Waals surface area contributed by atoms with Crippen molar-refractivity contribution in [3.8, 4) is 0 Å². The van der Waals surface area contributed by atoms with Crippen LogP contribution >= 0.6 is 0 Å². The molecule has 3 saturated carbocycles. The molecule has 0 N–H and O–H groups in total. The first kappa shape index (κ1) is 8.32. The maximum Gasteiger partial charge on any atom is -0.0295 e. The van der Waals surface area contributed by atoms with Crippen LogP contribution in [0.1, 0.15) is 46.5 Å². The molecule has 0 saturated heterocycles. The molecule has 2 bridgehead atoms. The van der Waals surface area contributed by atoms with Crippen LogP contribution in [0.25, 0.3) is 0 Å². The average Bonchev–Trinajstić information content (AvgIpc) is 2.63. The molecule has 3 rings (SSSR count). The van der Waals surface area contributed by atoms with Crippen LogP contribution in [0.3, 0.4) is 0 Å². The van der Waals surface area contributed by atoms with Gasteiger partial charge in [-0.2, -0.15) is 0 Å². The highest BCUT2D eigenvalue weighted by molar-refractivity contribution is 5.09. The van der Waals surface area contributed by atoms with E-state index < -0.39 is 0 Å². The minimum Gasteiger partial charge on any atom is -0.0617 e. The lowest BCUT2D eigenvalue weighted by Crippen LogP contribution is -2.37. The highest BCUT2D eigenvalue weighted by Gasteiger charge is 2.60. The van der Waals surface area contributed by atoms with Gasteiger partial charge in [0.15, 0.2) is 0 Å². The van der Waals surface area contributed by atoms with Crippen LogP contribution in [0.2, 0.25) is 0 Å². The van der Waals surface area contributed by atoms with E-state index in [-0.39, 0.29) is 0 Å². The van der Waals surface area contributed by atoms with Crippen LogP contribution < -0.4 is 0 Å². The second kappa shape index (κ2) is 2.32. The molecule has 0 aliphatic heterocycles. The standard InChI is InChI=1S/C13H22/c1-8-11-7-12(13(8,2)3)10-6-4-5-9(10)11/h8-12H,4-7H2,1-3H3. The van der Waals surface area contributed by atoms with Crippen LogP contribution in [0, 0.1) is 35.0 Å². The minimum atomic E-state index is 0.663. The van der Waals surface area contributed by atoms with Gasteiger partial charge in [-0.3, -0.25) is 0 Å². The summed E-state index contributed by atoms with van der Waals surface area (Å²) in [6.45, 7) is 7.56. The molecular formula is C13H22. The van der Waals surface area contributed by atoms with Gasteiger partial charge in [-0.15, -0.1) is 0 Å². The highest BCUT2D eigenvalue weighted by Crippen LogP contribution is 2.67. The quantitative estimate of drug-likeness (QED) is 0.530. The third-order valence-electron chi connectivity index (χ3n) is 5.99. The largest absolute Gasteiger partial charge is 0.0617 e. The Morgan fingerprint density at radius 2 is 1.69 bits per heavy atom. The van der Waals surface area contributed by atoms with Gasteiger partial charge >= 0.3 is 0 Å². The Bertz CT molecular complexity index is 226. The molecule has 0 heterocycles. The predicted molar refractivity (Wildman–Crippen MR) is 55.4 cm³/mol. The summed E-state index contributed by atoms with van der Waals surface area (Å²) in [7, 11) is 0. The number of hydrogen-bond acceptors (Lipinski definition) is 0. The fraction of sp³-hybridized carbons (Fsp3) is 1.00. The SMILES string of the molecule is CC1C2CC(C3CCCC23)C1(C)C. The van der Waals surface area contributed by atoms with Crippen LogP contribution in [0.15, 0.2) is 0 Å². The molecule has 0 spiro atoms. The molecule has 0 heteroatoms. The van der Waals surface area contributed by atoms with E-state index in [0.29, 0.717) is 5.41 Å². The van der Waals surface area contributed by atoms with Gasteiger partial charge in [0.2, 0.25) is 0 Å². The number of rotatable bonds is 0. The van der Waals surface area contributed by atoms with E-state index in [0.717, 1.165) is 29.6 Å². The van der Waals surface area contributed by atoms with Crippen LogP contribution in [-0.4, -0.2) is 0 Å². The molecule has 74 valence electrons. The Labute approximate surface area is 82.1 Å². The summed E-state index contributed by atoms with van der Waals surface area (Å²) in [5.74, 6) is 5.47. The summed E-state index contributed by atoms with van der Waals surface area (Å²) in [6.07, 6.45) is 6.23. The fourth-order valence-electron chi connectivity index (χ4n) is 5.01. The van der Waals surface area contributed by atoms with Gasteiger partial charge in [0.1, 0.15) is 0 Å². The molecule has 5 atom stereocenters. The fourth-order valence-corrected chi connectivity index (χ4v) is 5.01. The van der Waals surface area contributed by atoms with Crippen molar-refractivity contribution < 1.29 is 0 Å². The van der Waals surface area contributed by atoms with Crippen molar-refractivity contribution in [3.05, 3.63) is 0 Å². The zero-order chi connectivity index (χ0) is 9.22.